The first kappa shape index (κ1) is 18.0. The normalized spacial score (nSPS) is 13.4. The highest BCUT2D eigenvalue weighted by atomic mass is 32.8. The predicted octanol–water partition coefficient (Wildman–Crippen LogP) is 3.29. The summed E-state index contributed by atoms with van der Waals surface area (Å²) in [6.45, 7) is 3.33. The second kappa shape index (κ2) is 8.47. The first-order valence-electron chi connectivity index (χ1n) is 7.12. The molecule has 0 aliphatic heterocycles. The summed E-state index contributed by atoms with van der Waals surface area (Å²) in [6, 6.07) is 11.0. The summed E-state index contributed by atoms with van der Waals surface area (Å²) in [5.74, 6) is -0.554. The molecular formula is C17H17N3O2S2. The molecule has 0 unspecified atom stereocenters. The molecule has 1 heterocycles. The Morgan fingerprint density at radius 2 is 1.96 bits per heavy atom. The van der Waals surface area contributed by atoms with Crippen molar-refractivity contribution >= 4 is 38.6 Å². The van der Waals surface area contributed by atoms with Crippen molar-refractivity contribution in [2.45, 2.75) is 18.7 Å². The van der Waals surface area contributed by atoms with E-state index >= 15 is 0 Å². The molecule has 0 fully saturated rings. The van der Waals surface area contributed by atoms with Gasteiger partial charge in [0.1, 0.15) is 5.76 Å². The van der Waals surface area contributed by atoms with E-state index in [9.17, 15) is 9.90 Å². The van der Waals surface area contributed by atoms with E-state index in [4.69, 9.17) is 11.2 Å². The molecule has 0 saturated heterocycles. The van der Waals surface area contributed by atoms with E-state index in [0.29, 0.717) is 5.69 Å². The maximum Gasteiger partial charge on any atom is 0.260 e. The van der Waals surface area contributed by atoms with E-state index in [1.54, 1.807) is 30.6 Å². The topological polar surface area (TPSA) is 74.6 Å². The van der Waals surface area contributed by atoms with E-state index < -0.39 is 15.5 Å². The molecule has 0 radical (unpaired) electrons. The van der Waals surface area contributed by atoms with Crippen molar-refractivity contribution in [2.75, 3.05) is 5.32 Å². The fraction of sp³-hybridized carbons (Fsp3) is 0.118. The number of hydrogen-bond acceptors (Lipinski definition) is 4. The highest BCUT2D eigenvalue weighted by Crippen LogP contribution is 2.15. The van der Waals surface area contributed by atoms with Crippen LogP contribution in [0.1, 0.15) is 12.5 Å². The third-order valence-electron chi connectivity index (χ3n) is 3.16. The summed E-state index contributed by atoms with van der Waals surface area (Å²) in [4.78, 5) is 17.1. The standard InChI is InChI=1S/C17H17N3O2S2/c1-12-5-3-4-6-16(12)20-17(22)15(13(2)21)11-19-24(23)14-7-9-18-10-8-14/h3-11,21H,1-2H3,(H,20,22)/t24-/m1/s1. The van der Waals surface area contributed by atoms with Crippen molar-refractivity contribution in [3.8, 4) is 0 Å². The van der Waals surface area contributed by atoms with Gasteiger partial charge in [-0.15, -0.1) is 0 Å². The van der Waals surface area contributed by atoms with E-state index in [-0.39, 0.29) is 11.3 Å². The smallest absolute Gasteiger partial charge is 0.260 e. The number of anilines is 1. The molecule has 7 heteroatoms. The average molecular weight is 359 g/mol. The number of hydrogen-bond donors (Lipinski definition) is 2. The summed E-state index contributed by atoms with van der Waals surface area (Å²) in [5.41, 5.74) is 1.69. The van der Waals surface area contributed by atoms with Crippen LogP contribution in [0.4, 0.5) is 5.69 Å². The lowest BCUT2D eigenvalue weighted by Gasteiger charge is -2.09. The first-order valence-corrected chi connectivity index (χ1v) is 9.22. The van der Waals surface area contributed by atoms with Crippen molar-refractivity contribution in [1.29, 1.82) is 0 Å². The number of rotatable bonds is 5. The van der Waals surface area contributed by atoms with Crippen molar-refractivity contribution < 1.29 is 9.90 Å². The second-order valence-corrected chi connectivity index (χ2v) is 7.06. The van der Waals surface area contributed by atoms with Crippen LogP contribution >= 0.6 is 0 Å². The van der Waals surface area contributed by atoms with E-state index in [2.05, 4.69) is 14.7 Å². The minimum absolute atomic E-state index is 0.0784. The lowest BCUT2D eigenvalue weighted by atomic mass is 10.2. The Bertz CT molecular complexity index is 814. The van der Waals surface area contributed by atoms with E-state index in [1.807, 2.05) is 25.1 Å². The molecule has 2 N–H and O–H groups in total. The Labute approximate surface area is 147 Å². The summed E-state index contributed by atoms with van der Waals surface area (Å²) in [6.07, 6.45) is 4.59. The molecule has 0 bridgehead atoms. The first-order chi connectivity index (χ1) is 11.5. The number of nitrogens with one attached hydrogen (secondary N) is 1. The second-order valence-electron chi connectivity index (χ2n) is 4.93. The highest BCUT2D eigenvalue weighted by Gasteiger charge is 2.12. The van der Waals surface area contributed by atoms with Gasteiger partial charge in [-0.3, -0.25) is 9.78 Å². The molecule has 1 amide bonds. The van der Waals surface area contributed by atoms with Gasteiger partial charge in [-0.05, 0) is 48.8 Å². The summed E-state index contributed by atoms with van der Waals surface area (Å²) in [5, 5.41) is 12.6. The van der Waals surface area contributed by atoms with Crippen molar-refractivity contribution in [2.24, 2.45) is 4.40 Å². The number of aliphatic hydroxyl groups excluding tert-OH is 1. The van der Waals surface area contributed by atoms with Crippen LogP contribution in [0.25, 0.3) is 0 Å². The van der Waals surface area contributed by atoms with Crippen LogP contribution in [0.2, 0.25) is 0 Å². The summed E-state index contributed by atoms with van der Waals surface area (Å²) >= 11 is 5.31. The van der Waals surface area contributed by atoms with Gasteiger partial charge in [0.2, 0.25) is 0 Å². The Morgan fingerprint density at radius 1 is 1.29 bits per heavy atom. The Hall–Kier alpha value is -2.38. The van der Waals surface area contributed by atoms with Crippen molar-refractivity contribution in [1.82, 2.24) is 4.98 Å². The number of pyridine rings is 1. The molecule has 5 nitrogen and oxygen atoms in total. The fourth-order valence-electron chi connectivity index (χ4n) is 1.84. The van der Waals surface area contributed by atoms with Crippen LogP contribution in [0, 0.1) is 6.92 Å². The number of benzene rings is 1. The quantitative estimate of drug-likeness (QED) is 0.488. The number of carbonyl (C=O) groups excluding carboxylic acids is 1. The number of allylic oxidation sites excluding steroid dienone is 1. The fourth-order valence-corrected chi connectivity index (χ4v) is 2.98. The summed E-state index contributed by atoms with van der Waals surface area (Å²) in [7, 11) is -0.850. The Kier molecular flexibility index (Phi) is 6.34. The number of aryl methyl sites for hydroxylation is 1. The van der Waals surface area contributed by atoms with E-state index in [1.165, 1.54) is 13.1 Å². The van der Waals surface area contributed by atoms with Gasteiger partial charge in [-0.25, -0.2) is 4.40 Å². The number of nitrogens with zero attached hydrogens (tertiary/aromatic N) is 2. The lowest BCUT2D eigenvalue weighted by Crippen LogP contribution is -2.17. The number of aliphatic hydroxyl groups is 1. The zero-order chi connectivity index (χ0) is 17.5. The van der Waals surface area contributed by atoms with Crippen LogP contribution in [-0.2, 0) is 25.6 Å². The van der Waals surface area contributed by atoms with Crippen LogP contribution < -0.4 is 5.32 Å². The van der Waals surface area contributed by atoms with Gasteiger partial charge in [0.25, 0.3) is 5.91 Å². The average Bonchev–Trinajstić information content (AvgIpc) is 2.57. The van der Waals surface area contributed by atoms with Gasteiger partial charge in [0.15, 0.2) is 0 Å². The van der Waals surface area contributed by atoms with Gasteiger partial charge in [-0.1, -0.05) is 18.2 Å². The van der Waals surface area contributed by atoms with Crippen molar-refractivity contribution in [3.63, 3.8) is 0 Å². The van der Waals surface area contributed by atoms with Crippen LogP contribution in [-0.4, -0.2) is 22.2 Å². The minimum atomic E-state index is -0.850. The predicted molar refractivity (Wildman–Crippen MR) is 101 cm³/mol. The molecule has 1 atom stereocenters. The molecule has 24 heavy (non-hydrogen) atoms. The molecule has 0 saturated carbocycles. The third-order valence-corrected chi connectivity index (χ3v) is 4.96. The van der Waals surface area contributed by atoms with Gasteiger partial charge < -0.3 is 10.4 Å². The van der Waals surface area contributed by atoms with Gasteiger partial charge in [0, 0.05) is 32.6 Å². The van der Waals surface area contributed by atoms with Gasteiger partial charge >= 0.3 is 0 Å². The third kappa shape index (κ3) is 4.81. The number of aromatic nitrogens is 1. The maximum absolute atomic E-state index is 12.4. The number of carbonyl (C=O) groups is 1. The van der Waals surface area contributed by atoms with E-state index in [0.717, 1.165) is 10.5 Å². The molecule has 0 aliphatic carbocycles. The van der Waals surface area contributed by atoms with Crippen LogP contribution in [0.3, 0.4) is 0 Å². The SMILES string of the molecule is CC(O)=C(C=N[S@](=S)c1ccncc1)C(=O)Nc1ccccc1C. The molecule has 2 rings (SSSR count). The summed E-state index contributed by atoms with van der Waals surface area (Å²) < 4.78 is 4.21. The maximum atomic E-state index is 12.4. The minimum Gasteiger partial charge on any atom is -0.512 e. The number of amides is 1. The monoisotopic (exact) mass is 359 g/mol. The Morgan fingerprint density at radius 3 is 2.58 bits per heavy atom. The number of para-hydroxylation sites is 1. The molecule has 1 aromatic heterocycles. The zero-order valence-electron chi connectivity index (χ0n) is 13.3. The zero-order valence-corrected chi connectivity index (χ0v) is 14.9. The van der Waals surface area contributed by atoms with Gasteiger partial charge in [0.05, 0.1) is 11.8 Å². The van der Waals surface area contributed by atoms with Gasteiger partial charge in [-0.2, -0.15) is 0 Å². The molecule has 2 aromatic rings. The molecule has 1 aromatic carbocycles. The van der Waals surface area contributed by atoms with Crippen molar-refractivity contribution in [3.05, 3.63) is 65.7 Å². The van der Waals surface area contributed by atoms with Crippen LogP contribution in [0.5, 0.6) is 0 Å². The lowest BCUT2D eigenvalue weighted by molar-refractivity contribution is -0.112. The molecule has 124 valence electrons. The largest absolute Gasteiger partial charge is 0.512 e. The highest BCUT2D eigenvalue weighted by molar-refractivity contribution is 8.28. The molecule has 0 spiro atoms. The molecular weight excluding hydrogens is 342 g/mol. The van der Waals surface area contributed by atoms with Crippen LogP contribution in [0.15, 0.2) is 69.4 Å². The Balaban J connectivity index is 2.17. The molecule has 0 aliphatic rings.